The molecule has 1 saturated carbocycles. The van der Waals surface area contributed by atoms with Gasteiger partial charge in [-0.3, -0.25) is 0 Å². The molecule has 0 saturated heterocycles. The first kappa shape index (κ1) is 16.5. The average Bonchev–Trinajstić information content (AvgIpc) is 2.81. The fourth-order valence-corrected chi connectivity index (χ4v) is 4.81. The van der Waals surface area contributed by atoms with Gasteiger partial charge in [-0.2, -0.15) is 0 Å². The lowest BCUT2D eigenvalue weighted by molar-refractivity contribution is 0.0145. The van der Waals surface area contributed by atoms with Gasteiger partial charge in [-0.15, -0.1) is 11.3 Å². The minimum absolute atomic E-state index is 0.00882. The Bertz CT molecular complexity index is 621. The topological polar surface area (TPSA) is 86.5 Å². The van der Waals surface area contributed by atoms with E-state index in [0.29, 0.717) is 15.7 Å². The second-order valence-electron chi connectivity index (χ2n) is 5.54. The number of hydrogen-bond donors (Lipinski definition) is 1. The summed E-state index contributed by atoms with van der Waals surface area (Å²) in [4.78, 5) is 13.0. The molecule has 21 heavy (non-hydrogen) atoms. The molecule has 0 spiro atoms. The summed E-state index contributed by atoms with van der Waals surface area (Å²) >= 11 is 1.11. The minimum atomic E-state index is -3.79. The van der Waals surface area contributed by atoms with Crippen LogP contribution in [0.2, 0.25) is 0 Å². The molecular weight excluding hydrogens is 310 g/mol. The quantitative estimate of drug-likeness (QED) is 0.860. The molecule has 1 heterocycles. The molecule has 0 bridgehead atoms. The lowest BCUT2D eigenvalue weighted by atomic mass is 9.85. The Kier molecular flexibility index (Phi) is 5.06. The van der Waals surface area contributed by atoms with Crippen molar-refractivity contribution in [1.82, 2.24) is 0 Å². The SMILES string of the molecule is CCC1CCCC(OC(=O)c2cc(S(N)(=O)=O)c(C)s2)C1. The van der Waals surface area contributed by atoms with E-state index in [1.807, 2.05) is 0 Å². The third kappa shape index (κ3) is 4.05. The number of thiophene rings is 1. The summed E-state index contributed by atoms with van der Waals surface area (Å²) in [6, 6.07) is 1.32. The molecule has 0 amide bonds. The van der Waals surface area contributed by atoms with Crippen LogP contribution in [0.5, 0.6) is 0 Å². The molecule has 1 aliphatic rings. The van der Waals surface area contributed by atoms with Gasteiger partial charge in [0.25, 0.3) is 0 Å². The summed E-state index contributed by atoms with van der Waals surface area (Å²) in [5.41, 5.74) is 0. The second kappa shape index (κ2) is 6.46. The minimum Gasteiger partial charge on any atom is -0.458 e. The van der Waals surface area contributed by atoms with E-state index >= 15 is 0 Å². The summed E-state index contributed by atoms with van der Waals surface area (Å²) in [7, 11) is -3.79. The maximum absolute atomic E-state index is 12.2. The van der Waals surface area contributed by atoms with Gasteiger partial charge in [0.05, 0.1) is 4.90 Å². The zero-order valence-electron chi connectivity index (χ0n) is 12.3. The number of rotatable bonds is 4. The molecule has 2 N–H and O–H groups in total. The standard InChI is InChI=1S/C14H21NO4S2/c1-3-10-5-4-6-11(7-10)19-14(16)12-8-13(9(2)20-12)21(15,17)18/h8,10-11H,3-7H2,1-2H3,(H2,15,17,18). The largest absolute Gasteiger partial charge is 0.458 e. The lowest BCUT2D eigenvalue weighted by Gasteiger charge is -2.27. The van der Waals surface area contributed by atoms with Crippen molar-refractivity contribution in [2.75, 3.05) is 0 Å². The molecule has 2 unspecified atom stereocenters. The number of esters is 1. The first-order chi connectivity index (χ1) is 9.81. The van der Waals surface area contributed by atoms with Crippen molar-refractivity contribution in [3.63, 3.8) is 0 Å². The van der Waals surface area contributed by atoms with Crippen LogP contribution in [0.1, 0.15) is 53.6 Å². The maximum Gasteiger partial charge on any atom is 0.348 e. The molecule has 0 radical (unpaired) electrons. The monoisotopic (exact) mass is 331 g/mol. The van der Waals surface area contributed by atoms with Gasteiger partial charge in [-0.25, -0.2) is 18.4 Å². The van der Waals surface area contributed by atoms with Crippen LogP contribution in [0.25, 0.3) is 0 Å². The number of carbonyl (C=O) groups is 1. The van der Waals surface area contributed by atoms with Gasteiger partial charge in [-0.05, 0) is 38.2 Å². The number of nitrogens with two attached hydrogens (primary N) is 1. The van der Waals surface area contributed by atoms with E-state index in [0.717, 1.165) is 37.0 Å². The summed E-state index contributed by atoms with van der Waals surface area (Å²) in [5, 5.41) is 5.12. The van der Waals surface area contributed by atoms with Crippen LogP contribution in [0.4, 0.5) is 0 Å². The van der Waals surface area contributed by atoms with E-state index in [1.54, 1.807) is 6.92 Å². The molecule has 1 aromatic heterocycles. The van der Waals surface area contributed by atoms with Crippen LogP contribution in [0.15, 0.2) is 11.0 Å². The van der Waals surface area contributed by atoms with E-state index in [1.165, 1.54) is 12.5 Å². The number of hydrogen-bond acceptors (Lipinski definition) is 5. The summed E-state index contributed by atoms with van der Waals surface area (Å²) in [6.45, 7) is 3.78. The van der Waals surface area contributed by atoms with Gasteiger partial charge in [-0.1, -0.05) is 19.8 Å². The van der Waals surface area contributed by atoms with Crippen molar-refractivity contribution in [3.05, 3.63) is 15.8 Å². The van der Waals surface area contributed by atoms with Crippen molar-refractivity contribution in [1.29, 1.82) is 0 Å². The molecule has 5 nitrogen and oxygen atoms in total. The summed E-state index contributed by atoms with van der Waals surface area (Å²) < 4.78 is 28.3. The van der Waals surface area contributed by atoms with Crippen molar-refractivity contribution in [3.8, 4) is 0 Å². The van der Waals surface area contributed by atoms with Crippen molar-refractivity contribution in [2.24, 2.45) is 11.1 Å². The van der Waals surface area contributed by atoms with Crippen LogP contribution in [-0.4, -0.2) is 20.5 Å². The van der Waals surface area contributed by atoms with Gasteiger partial charge in [0.2, 0.25) is 10.0 Å². The molecule has 7 heteroatoms. The fourth-order valence-electron chi connectivity index (χ4n) is 2.78. The van der Waals surface area contributed by atoms with Crippen molar-refractivity contribution >= 4 is 27.3 Å². The third-order valence-corrected chi connectivity index (χ3v) is 6.16. The van der Waals surface area contributed by atoms with Crippen molar-refractivity contribution < 1.29 is 17.9 Å². The molecular formula is C14H21NO4S2. The predicted molar refractivity (Wildman–Crippen MR) is 81.9 cm³/mol. The number of aryl methyl sites for hydroxylation is 1. The highest BCUT2D eigenvalue weighted by atomic mass is 32.2. The maximum atomic E-state index is 12.2. The molecule has 0 aromatic carbocycles. The van der Waals surface area contributed by atoms with E-state index in [9.17, 15) is 13.2 Å². The third-order valence-electron chi connectivity index (χ3n) is 3.97. The van der Waals surface area contributed by atoms with E-state index in [4.69, 9.17) is 9.88 Å². The van der Waals surface area contributed by atoms with Crippen LogP contribution in [0.3, 0.4) is 0 Å². The van der Waals surface area contributed by atoms with Crippen LogP contribution in [-0.2, 0) is 14.8 Å². The molecule has 1 aliphatic carbocycles. The lowest BCUT2D eigenvalue weighted by Crippen LogP contribution is -2.25. The Morgan fingerprint density at radius 2 is 2.19 bits per heavy atom. The second-order valence-corrected chi connectivity index (χ2v) is 8.33. The highest BCUT2D eigenvalue weighted by Gasteiger charge is 2.26. The van der Waals surface area contributed by atoms with E-state index in [2.05, 4.69) is 6.92 Å². The van der Waals surface area contributed by atoms with E-state index in [-0.39, 0.29) is 11.0 Å². The van der Waals surface area contributed by atoms with Gasteiger partial charge in [0.15, 0.2) is 0 Å². The van der Waals surface area contributed by atoms with Crippen LogP contribution >= 0.6 is 11.3 Å². The zero-order chi connectivity index (χ0) is 15.6. The Balaban J connectivity index is 2.07. The number of carbonyl (C=O) groups excluding carboxylic acids is 1. The predicted octanol–water partition coefficient (Wildman–Crippen LogP) is 2.83. The highest BCUT2D eigenvalue weighted by Crippen LogP contribution is 2.30. The number of sulfonamides is 1. The molecule has 2 atom stereocenters. The number of ether oxygens (including phenoxy) is 1. The molecule has 2 rings (SSSR count). The fraction of sp³-hybridized carbons (Fsp3) is 0.643. The Morgan fingerprint density at radius 1 is 1.48 bits per heavy atom. The first-order valence-corrected chi connectivity index (χ1v) is 9.51. The Hall–Kier alpha value is -0.920. The zero-order valence-corrected chi connectivity index (χ0v) is 13.9. The molecule has 1 fully saturated rings. The normalized spacial score (nSPS) is 23.0. The Morgan fingerprint density at radius 3 is 2.76 bits per heavy atom. The first-order valence-electron chi connectivity index (χ1n) is 7.15. The molecule has 118 valence electrons. The van der Waals surface area contributed by atoms with Gasteiger partial charge in [0.1, 0.15) is 11.0 Å². The van der Waals surface area contributed by atoms with Crippen molar-refractivity contribution in [2.45, 2.75) is 57.0 Å². The van der Waals surface area contributed by atoms with Gasteiger partial charge in [0, 0.05) is 4.88 Å². The number of primary sulfonamides is 1. The highest BCUT2D eigenvalue weighted by molar-refractivity contribution is 7.89. The average molecular weight is 331 g/mol. The van der Waals surface area contributed by atoms with Gasteiger partial charge < -0.3 is 4.74 Å². The Labute approximate surface area is 129 Å². The van der Waals surface area contributed by atoms with E-state index < -0.39 is 16.0 Å². The molecule has 1 aromatic rings. The van der Waals surface area contributed by atoms with Gasteiger partial charge >= 0.3 is 5.97 Å². The molecule has 0 aliphatic heterocycles. The van der Waals surface area contributed by atoms with Crippen LogP contribution < -0.4 is 5.14 Å². The smallest absolute Gasteiger partial charge is 0.348 e. The summed E-state index contributed by atoms with van der Waals surface area (Å²) in [5.74, 6) is 0.168. The summed E-state index contributed by atoms with van der Waals surface area (Å²) in [6.07, 6.45) is 5.09. The van der Waals surface area contributed by atoms with Crippen LogP contribution in [0, 0.1) is 12.8 Å².